The minimum atomic E-state index is 0.208. The molecular formula is C12H23N3O. The van der Waals surface area contributed by atoms with Gasteiger partial charge in [0, 0.05) is 26.2 Å². The third kappa shape index (κ3) is 2.95. The molecule has 4 nitrogen and oxygen atoms in total. The second-order valence-corrected chi connectivity index (χ2v) is 5.01. The van der Waals surface area contributed by atoms with Crippen molar-refractivity contribution >= 4 is 5.91 Å². The molecule has 2 aliphatic rings. The highest BCUT2D eigenvalue weighted by molar-refractivity contribution is 5.78. The molecular weight excluding hydrogens is 202 g/mol. The van der Waals surface area contributed by atoms with Crippen LogP contribution in [0, 0.1) is 5.92 Å². The molecule has 1 amide bonds. The standard InChI is InChI=1S/C12H23N3O/c1-13-12(16)10-4-3-7-15(8-10)9-11-5-2-6-14-11/h10-11,14H,2-9H2,1H3,(H,13,16)/t10?,11-/m1/s1. The van der Waals surface area contributed by atoms with Gasteiger partial charge in [-0.2, -0.15) is 0 Å². The summed E-state index contributed by atoms with van der Waals surface area (Å²) in [4.78, 5) is 14.0. The van der Waals surface area contributed by atoms with Crippen LogP contribution in [0.15, 0.2) is 0 Å². The first-order valence-electron chi connectivity index (χ1n) is 6.47. The van der Waals surface area contributed by atoms with Gasteiger partial charge in [-0.15, -0.1) is 0 Å². The van der Waals surface area contributed by atoms with E-state index in [9.17, 15) is 4.79 Å². The summed E-state index contributed by atoms with van der Waals surface area (Å²) in [5.41, 5.74) is 0. The van der Waals surface area contributed by atoms with Crippen molar-refractivity contribution < 1.29 is 4.79 Å². The van der Waals surface area contributed by atoms with Crippen molar-refractivity contribution in [2.24, 2.45) is 5.92 Å². The fourth-order valence-electron chi connectivity index (χ4n) is 2.86. The van der Waals surface area contributed by atoms with Gasteiger partial charge in [0.05, 0.1) is 5.92 Å². The van der Waals surface area contributed by atoms with E-state index in [4.69, 9.17) is 0 Å². The van der Waals surface area contributed by atoms with Crippen molar-refractivity contribution in [1.82, 2.24) is 15.5 Å². The smallest absolute Gasteiger partial charge is 0.224 e. The summed E-state index contributed by atoms with van der Waals surface area (Å²) in [6, 6.07) is 0.656. The maximum Gasteiger partial charge on any atom is 0.224 e. The number of amides is 1. The topological polar surface area (TPSA) is 44.4 Å². The van der Waals surface area contributed by atoms with Gasteiger partial charge in [-0.05, 0) is 38.8 Å². The first-order chi connectivity index (χ1) is 7.79. The predicted octanol–water partition coefficient (Wildman–Crippen LogP) is 0.196. The van der Waals surface area contributed by atoms with Crippen LogP contribution in [0.25, 0.3) is 0 Å². The number of carbonyl (C=O) groups excluding carboxylic acids is 1. The Hall–Kier alpha value is -0.610. The molecule has 0 bridgehead atoms. The lowest BCUT2D eigenvalue weighted by Crippen LogP contribution is -2.46. The van der Waals surface area contributed by atoms with Crippen molar-refractivity contribution in [3.63, 3.8) is 0 Å². The SMILES string of the molecule is CNC(=O)C1CCCN(C[C@H]2CCCN2)C1. The van der Waals surface area contributed by atoms with Crippen LogP contribution in [0.2, 0.25) is 0 Å². The van der Waals surface area contributed by atoms with Crippen molar-refractivity contribution in [2.45, 2.75) is 31.7 Å². The van der Waals surface area contributed by atoms with Crippen LogP contribution in [0.4, 0.5) is 0 Å². The Kier molecular flexibility index (Phi) is 4.18. The maximum atomic E-state index is 11.6. The molecule has 0 aromatic rings. The van der Waals surface area contributed by atoms with E-state index in [1.165, 1.54) is 12.8 Å². The van der Waals surface area contributed by atoms with Gasteiger partial charge < -0.3 is 15.5 Å². The molecule has 4 heteroatoms. The van der Waals surface area contributed by atoms with Crippen LogP contribution in [0.3, 0.4) is 0 Å². The fraction of sp³-hybridized carbons (Fsp3) is 0.917. The molecule has 2 N–H and O–H groups in total. The molecule has 2 atom stereocenters. The minimum absolute atomic E-state index is 0.208. The van der Waals surface area contributed by atoms with E-state index < -0.39 is 0 Å². The highest BCUT2D eigenvalue weighted by Crippen LogP contribution is 2.18. The van der Waals surface area contributed by atoms with Gasteiger partial charge >= 0.3 is 0 Å². The highest BCUT2D eigenvalue weighted by Gasteiger charge is 2.27. The number of hydrogen-bond acceptors (Lipinski definition) is 3. The molecule has 0 radical (unpaired) electrons. The second kappa shape index (κ2) is 5.64. The van der Waals surface area contributed by atoms with Gasteiger partial charge in [0.15, 0.2) is 0 Å². The summed E-state index contributed by atoms with van der Waals surface area (Å²) < 4.78 is 0. The van der Waals surface area contributed by atoms with E-state index in [0.29, 0.717) is 6.04 Å². The molecule has 0 saturated carbocycles. The summed E-state index contributed by atoms with van der Waals surface area (Å²) >= 11 is 0. The average molecular weight is 225 g/mol. The van der Waals surface area contributed by atoms with Crippen LogP contribution < -0.4 is 10.6 Å². The normalized spacial score (nSPS) is 31.6. The number of carbonyl (C=O) groups is 1. The molecule has 92 valence electrons. The number of piperidine rings is 1. The van der Waals surface area contributed by atoms with Crippen LogP contribution in [0.5, 0.6) is 0 Å². The average Bonchev–Trinajstić information content (AvgIpc) is 2.81. The molecule has 0 aliphatic carbocycles. The first kappa shape index (κ1) is 11.9. The summed E-state index contributed by atoms with van der Waals surface area (Å²) in [7, 11) is 1.74. The van der Waals surface area contributed by atoms with Crippen molar-refractivity contribution in [2.75, 3.05) is 33.2 Å². The number of nitrogens with zero attached hydrogens (tertiary/aromatic N) is 1. The summed E-state index contributed by atoms with van der Waals surface area (Å²) in [6.45, 7) is 4.38. The lowest BCUT2D eigenvalue weighted by atomic mass is 9.96. The number of nitrogens with one attached hydrogen (secondary N) is 2. The first-order valence-corrected chi connectivity index (χ1v) is 6.47. The zero-order chi connectivity index (χ0) is 11.4. The minimum Gasteiger partial charge on any atom is -0.359 e. The molecule has 0 aromatic heterocycles. The molecule has 2 aliphatic heterocycles. The Balaban J connectivity index is 1.79. The predicted molar refractivity (Wildman–Crippen MR) is 64.3 cm³/mol. The van der Waals surface area contributed by atoms with Crippen molar-refractivity contribution in [3.05, 3.63) is 0 Å². The quantitative estimate of drug-likeness (QED) is 0.721. The lowest BCUT2D eigenvalue weighted by Gasteiger charge is -2.33. The van der Waals surface area contributed by atoms with Crippen LogP contribution in [-0.2, 0) is 4.79 Å². The third-order valence-electron chi connectivity index (χ3n) is 3.76. The Morgan fingerprint density at radius 2 is 2.31 bits per heavy atom. The molecule has 16 heavy (non-hydrogen) atoms. The van der Waals surface area contributed by atoms with Gasteiger partial charge in [-0.1, -0.05) is 0 Å². The second-order valence-electron chi connectivity index (χ2n) is 5.01. The highest BCUT2D eigenvalue weighted by atomic mass is 16.1. The van der Waals surface area contributed by atoms with E-state index in [0.717, 1.165) is 39.0 Å². The molecule has 0 spiro atoms. The van der Waals surface area contributed by atoms with Gasteiger partial charge in [0.1, 0.15) is 0 Å². The van der Waals surface area contributed by atoms with E-state index in [1.54, 1.807) is 7.05 Å². The van der Waals surface area contributed by atoms with Gasteiger partial charge in [-0.25, -0.2) is 0 Å². The third-order valence-corrected chi connectivity index (χ3v) is 3.76. The summed E-state index contributed by atoms with van der Waals surface area (Å²) in [5, 5.41) is 6.29. The number of hydrogen-bond donors (Lipinski definition) is 2. The number of likely N-dealkylation sites (tertiary alicyclic amines) is 1. The van der Waals surface area contributed by atoms with Crippen LogP contribution in [-0.4, -0.2) is 50.1 Å². The van der Waals surface area contributed by atoms with E-state index in [1.807, 2.05) is 0 Å². The Morgan fingerprint density at radius 3 is 3.00 bits per heavy atom. The Bertz CT molecular complexity index is 238. The van der Waals surface area contributed by atoms with E-state index in [-0.39, 0.29) is 11.8 Å². The van der Waals surface area contributed by atoms with Crippen LogP contribution in [0.1, 0.15) is 25.7 Å². The van der Waals surface area contributed by atoms with E-state index in [2.05, 4.69) is 15.5 Å². The van der Waals surface area contributed by atoms with E-state index >= 15 is 0 Å². The Labute approximate surface area is 97.8 Å². The zero-order valence-corrected chi connectivity index (χ0v) is 10.2. The molecule has 2 rings (SSSR count). The lowest BCUT2D eigenvalue weighted by molar-refractivity contribution is -0.126. The monoisotopic (exact) mass is 225 g/mol. The maximum absolute atomic E-state index is 11.6. The molecule has 2 saturated heterocycles. The summed E-state index contributed by atoms with van der Waals surface area (Å²) in [6.07, 6.45) is 4.80. The van der Waals surface area contributed by atoms with Crippen molar-refractivity contribution in [1.29, 1.82) is 0 Å². The number of rotatable bonds is 3. The summed E-state index contributed by atoms with van der Waals surface area (Å²) in [5.74, 6) is 0.421. The largest absolute Gasteiger partial charge is 0.359 e. The molecule has 1 unspecified atom stereocenters. The molecule has 0 aromatic carbocycles. The molecule has 2 heterocycles. The fourth-order valence-corrected chi connectivity index (χ4v) is 2.86. The van der Waals surface area contributed by atoms with Crippen LogP contribution >= 0.6 is 0 Å². The zero-order valence-electron chi connectivity index (χ0n) is 10.2. The Morgan fingerprint density at radius 1 is 1.44 bits per heavy atom. The van der Waals surface area contributed by atoms with Crippen molar-refractivity contribution in [3.8, 4) is 0 Å². The van der Waals surface area contributed by atoms with Gasteiger partial charge in [0.2, 0.25) is 5.91 Å². The van der Waals surface area contributed by atoms with Gasteiger partial charge in [0.25, 0.3) is 0 Å². The van der Waals surface area contributed by atoms with Gasteiger partial charge in [-0.3, -0.25) is 4.79 Å². The molecule has 2 fully saturated rings.